The highest BCUT2D eigenvalue weighted by Gasteiger charge is 2.31. The Bertz CT molecular complexity index is 826. The van der Waals surface area contributed by atoms with Crippen LogP contribution >= 0.6 is 0 Å². The van der Waals surface area contributed by atoms with Crippen molar-refractivity contribution in [1.82, 2.24) is 9.80 Å². The summed E-state index contributed by atoms with van der Waals surface area (Å²) in [4.78, 5) is 29.4. The van der Waals surface area contributed by atoms with Crippen molar-refractivity contribution in [3.05, 3.63) is 71.3 Å². The van der Waals surface area contributed by atoms with E-state index in [0.717, 1.165) is 38.8 Å². The van der Waals surface area contributed by atoms with Crippen LogP contribution in [0.4, 0.5) is 0 Å². The van der Waals surface area contributed by atoms with Crippen LogP contribution in [0.25, 0.3) is 0 Å². The van der Waals surface area contributed by atoms with E-state index >= 15 is 0 Å². The van der Waals surface area contributed by atoms with Crippen molar-refractivity contribution in [3.8, 4) is 0 Å². The Morgan fingerprint density at radius 2 is 1.50 bits per heavy atom. The summed E-state index contributed by atoms with van der Waals surface area (Å²) in [6.07, 6.45) is 3.85. The Hall–Kier alpha value is -2.62. The normalized spacial score (nSPS) is 17.3. The molecule has 2 aliphatic heterocycles. The van der Waals surface area contributed by atoms with E-state index in [0.29, 0.717) is 19.5 Å². The molecule has 0 radical (unpaired) electrons. The fourth-order valence-corrected chi connectivity index (χ4v) is 4.37. The molecule has 0 aliphatic carbocycles. The van der Waals surface area contributed by atoms with Crippen molar-refractivity contribution in [2.45, 2.75) is 38.6 Å². The number of fused-ring (bicyclic) bond motifs is 1. The number of benzene rings is 2. The Kier molecular flexibility index (Phi) is 5.75. The third-order valence-corrected chi connectivity index (χ3v) is 6.11. The first-order chi connectivity index (χ1) is 13.7. The molecule has 0 spiro atoms. The number of rotatable bonds is 4. The van der Waals surface area contributed by atoms with Crippen molar-refractivity contribution in [3.63, 3.8) is 0 Å². The lowest BCUT2D eigenvalue weighted by Gasteiger charge is -2.36. The van der Waals surface area contributed by atoms with Gasteiger partial charge in [0.05, 0.1) is 0 Å². The Morgan fingerprint density at radius 3 is 2.25 bits per heavy atom. The zero-order valence-corrected chi connectivity index (χ0v) is 16.3. The lowest BCUT2D eigenvalue weighted by molar-refractivity contribution is -0.141. The topological polar surface area (TPSA) is 40.6 Å². The highest BCUT2D eigenvalue weighted by molar-refractivity contribution is 5.80. The highest BCUT2D eigenvalue weighted by Crippen LogP contribution is 2.25. The van der Waals surface area contributed by atoms with E-state index in [1.54, 1.807) is 0 Å². The van der Waals surface area contributed by atoms with Crippen LogP contribution in [0.5, 0.6) is 0 Å². The minimum atomic E-state index is 0.0587. The zero-order valence-electron chi connectivity index (χ0n) is 16.3. The zero-order chi connectivity index (χ0) is 19.3. The quantitative estimate of drug-likeness (QED) is 0.820. The molecular formula is C24H28N2O2. The van der Waals surface area contributed by atoms with E-state index in [4.69, 9.17) is 0 Å². The molecule has 2 amide bonds. The van der Waals surface area contributed by atoms with E-state index in [2.05, 4.69) is 30.3 Å². The maximum absolute atomic E-state index is 13.0. The number of amides is 2. The summed E-state index contributed by atoms with van der Waals surface area (Å²) in [6, 6.07) is 18.6. The molecule has 2 aromatic rings. The summed E-state index contributed by atoms with van der Waals surface area (Å²) in [5.41, 5.74) is 3.84. The van der Waals surface area contributed by atoms with Crippen LogP contribution in [0.15, 0.2) is 54.6 Å². The average Bonchev–Trinajstić information content (AvgIpc) is 2.77. The van der Waals surface area contributed by atoms with Crippen LogP contribution in [0.1, 0.15) is 36.0 Å². The number of likely N-dealkylation sites (tertiary alicyclic amines) is 1. The molecule has 28 heavy (non-hydrogen) atoms. The van der Waals surface area contributed by atoms with Gasteiger partial charge >= 0.3 is 0 Å². The molecule has 0 aromatic heterocycles. The maximum Gasteiger partial charge on any atom is 0.226 e. The van der Waals surface area contributed by atoms with Gasteiger partial charge < -0.3 is 9.80 Å². The predicted octanol–water partition coefficient (Wildman–Crippen LogP) is 3.44. The lowest BCUT2D eigenvalue weighted by Crippen LogP contribution is -2.45. The van der Waals surface area contributed by atoms with Crippen molar-refractivity contribution in [2.75, 3.05) is 19.6 Å². The van der Waals surface area contributed by atoms with Crippen LogP contribution in [0.3, 0.4) is 0 Å². The van der Waals surface area contributed by atoms with Crippen LogP contribution in [-0.2, 0) is 29.0 Å². The Morgan fingerprint density at radius 1 is 0.821 bits per heavy atom. The first kappa shape index (κ1) is 18.7. The molecule has 0 bridgehead atoms. The number of nitrogens with zero attached hydrogens (tertiary/aromatic N) is 2. The van der Waals surface area contributed by atoms with E-state index in [1.807, 2.05) is 34.1 Å². The second kappa shape index (κ2) is 8.59. The Balaban J connectivity index is 1.26. The van der Waals surface area contributed by atoms with Crippen LogP contribution in [0, 0.1) is 5.92 Å². The molecule has 0 atom stereocenters. The van der Waals surface area contributed by atoms with Crippen LogP contribution in [0.2, 0.25) is 0 Å². The predicted molar refractivity (Wildman–Crippen MR) is 110 cm³/mol. The molecule has 4 nitrogen and oxygen atoms in total. The number of carbonyl (C=O) groups is 2. The van der Waals surface area contributed by atoms with Gasteiger partial charge in [-0.3, -0.25) is 9.59 Å². The minimum absolute atomic E-state index is 0.0587. The van der Waals surface area contributed by atoms with Gasteiger partial charge in [-0.2, -0.15) is 0 Å². The van der Waals surface area contributed by atoms with Crippen LogP contribution < -0.4 is 0 Å². The van der Waals surface area contributed by atoms with Crippen molar-refractivity contribution < 1.29 is 9.59 Å². The summed E-state index contributed by atoms with van der Waals surface area (Å²) >= 11 is 0. The summed E-state index contributed by atoms with van der Waals surface area (Å²) in [5, 5.41) is 0. The van der Waals surface area contributed by atoms with E-state index < -0.39 is 0 Å². The minimum Gasteiger partial charge on any atom is -0.343 e. The molecule has 0 unspecified atom stereocenters. The third-order valence-electron chi connectivity index (χ3n) is 6.11. The summed E-state index contributed by atoms with van der Waals surface area (Å²) in [6.45, 7) is 2.94. The van der Waals surface area contributed by atoms with Crippen LogP contribution in [-0.4, -0.2) is 41.2 Å². The smallest absolute Gasteiger partial charge is 0.226 e. The molecule has 2 aliphatic rings. The first-order valence-electron chi connectivity index (χ1n) is 10.4. The van der Waals surface area contributed by atoms with Crippen molar-refractivity contribution >= 4 is 11.8 Å². The fourth-order valence-electron chi connectivity index (χ4n) is 4.37. The van der Waals surface area contributed by atoms with Gasteiger partial charge in [0.25, 0.3) is 0 Å². The molecule has 1 saturated heterocycles. The monoisotopic (exact) mass is 376 g/mol. The molecule has 146 valence electrons. The van der Waals surface area contributed by atoms with Crippen molar-refractivity contribution in [2.24, 2.45) is 5.92 Å². The average molecular weight is 377 g/mol. The Labute approximate surface area is 167 Å². The third kappa shape index (κ3) is 4.27. The molecule has 2 aromatic carbocycles. The van der Waals surface area contributed by atoms with E-state index in [1.165, 1.54) is 16.7 Å². The molecule has 0 N–H and O–H groups in total. The standard InChI is InChI=1S/C24H28N2O2/c27-23(11-10-19-6-2-1-3-7-19)25-15-13-21(14-16-25)24(28)26-17-12-20-8-4-5-9-22(20)18-26/h1-9,21H,10-18H2. The molecule has 4 rings (SSSR count). The van der Waals surface area contributed by atoms with Gasteiger partial charge in [-0.15, -0.1) is 0 Å². The SMILES string of the molecule is O=C(CCc1ccccc1)N1CCC(C(=O)N2CCc3ccccc3C2)CC1. The maximum atomic E-state index is 13.0. The van der Waals surface area contributed by atoms with E-state index in [9.17, 15) is 9.59 Å². The number of carbonyl (C=O) groups excluding carboxylic acids is 2. The van der Waals surface area contributed by atoms with Gasteiger partial charge in [-0.25, -0.2) is 0 Å². The number of hydrogen-bond donors (Lipinski definition) is 0. The van der Waals surface area contributed by atoms with Gasteiger partial charge in [-0.1, -0.05) is 54.6 Å². The van der Waals surface area contributed by atoms with Gasteiger partial charge in [0.2, 0.25) is 11.8 Å². The molecule has 4 heteroatoms. The molecule has 0 saturated carbocycles. The highest BCUT2D eigenvalue weighted by atomic mass is 16.2. The lowest BCUT2D eigenvalue weighted by atomic mass is 9.92. The second-order valence-electron chi connectivity index (χ2n) is 7.92. The summed E-state index contributed by atoms with van der Waals surface area (Å²) in [7, 11) is 0. The summed E-state index contributed by atoms with van der Waals surface area (Å²) in [5.74, 6) is 0.538. The molecular weight excluding hydrogens is 348 g/mol. The van der Waals surface area contributed by atoms with Gasteiger partial charge in [0.1, 0.15) is 0 Å². The van der Waals surface area contributed by atoms with Crippen molar-refractivity contribution in [1.29, 1.82) is 0 Å². The number of aryl methyl sites for hydroxylation is 1. The van der Waals surface area contributed by atoms with Gasteiger partial charge in [0.15, 0.2) is 0 Å². The van der Waals surface area contributed by atoms with E-state index in [-0.39, 0.29) is 17.7 Å². The second-order valence-corrected chi connectivity index (χ2v) is 7.92. The number of piperidine rings is 1. The molecule has 1 fully saturated rings. The summed E-state index contributed by atoms with van der Waals surface area (Å²) < 4.78 is 0. The number of hydrogen-bond acceptors (Lipinski definition) is 2. The van der Waals surface area contributed by atoms with Gasteiger partial charge in [-0.05, 0) is 42.4 Å². The first-order valence-corrected chi connectivity index (χ1v) is 10.4. The molecule has 2 heterocycles. The fraction of sp³-hybridized carbons (Fsp3) is 0.417. The van der Waals surface area contributed by atoms with Gasteiger partial charge in [0, 0.05) is 38.5 Å². The largest absolute Gasteiger partial charge is 0.343 e.